The van der Waals surface area contributed by atoms with Gasteiger partial charge in [-0.3, -0.25) is 14.5 Å². The molecule has 1 atom stereocenters. The number of carbonyl (C=O) groups is 2. The fourth-order valence-corrected chi connectivity index (χ4v) is 2.22. The number of hydrogen-bond donors (Lipinski definition) is 2. The van der Waals surface area contributed by atoms with Crippen molar-refractivity contribution in [2.75, 3.05) is 31.3 Å². The summed E-state index contributed by atoms with van der Waals surface area (Å²) >= 11 is 0. The SMILES string of the molecule is COc1ccc(NC(=O)CN(C)[C@H](C)C(=O)Nc2ccc(F)cc2)cc1. The summed E-state index contributed by atoms with van der Waals surface area (Å²) in [5, 5.41) is 5.46. The number of hydrogen-bond acceptors (Lipinski definition) is 4. The van der Waals surface area contributed by atoms with E-state index in [4.69, 9.17) is 4.74 Å². The predicted octanol–water partition coefficient (Wildman–Crippen LogP) is 2.73. The van der Waals surface area contributed by atoms with Crippen LogP contribution in [0.2, 0.25) is 0 Å². The largest absolute Gasteiger partial charge is 0.497 e. The summed E-state index contributed by atoms with van der Waals surface area (Å²) in [5.41, 5.74) is 1.15. The first kappa shape index (κ1) is 19.4. The van der Waals surface area contributed by atoms with E-state index in [0.29, 0.717) is 17.1 Å². The Balaban J connectivity index is 1.86. The second kappa shape index (κ2) is 8.96. The molecule has 138 valence electrons. The quantitative estimate of drug-likeness (QED) is 0.797. The zero-order valence-corrected chi connectivity index (χ0v) is 15.0. The molecule has 26 heavy (non-hydrogen) atoms. The Labute approximate surface area is 152 Å². The third kappa shape index (κ3) is 5.56. The molecule has 0 radical (unpaired) electrons. The van der Waals surface area contributed by atoms with Crippen molar-refractivity contribution in [1.82, 2.24) is 4.90 Å². The van der Waals surface area contributed by atoms with E-state index in [-0.39, 0.29) is 24.2 Å². The number of halogens is 1. The number of likely N-dealkylation sites (N-methyl/N-ethyl adjacent to an activating group) is 1. The monoisotopic (exact) mass is 359 g/mol. The molecule has 2 rings (SSSR count). The molecule has 0 aromatic heterocycles. The predicted molar refractivity (Wildman–Crippen MR) is 98.7 cm³/mol. The van der Waals surface area contributed by atoms with Crippen LogP contribution in [0.4, 0.5) is 15.8 Å². The molecular formula is C19H22FN3O3. The Morgan fingerprint density at radius 3 is 2.15 bits per heavy atom. The van der Waals surface area contributed by atoms with E-state index in [1.54, 1.807) is 50.2 Å². The maximum absolute atomic E-state index is 12.9. The fourth-order valence-electron chi connectivity index (χ4n) is 2.22. The number of nitrogens with zero attached hydrogens (tertiary/aromatic N) is 1. The zero-order chi connectivity index (χ0) is 19.1. The van der Waals surface area contributed by atoms with Crippen LogP contribution < -0.4 is 15.4 Å². The van der Waals surface area contributed by atoms with Gasteiger partial charge in [-0.15, -0.1) is 0 Å². The highest BCUT2D eigenvalue weighted by Gasteiger charge is 2.20. The number of anilines is 2. The molecule has 7 heteroatoms. The van der Waals surface area contributed by atoms with Crippen LogP contribution >= 0.6 is 0 Å². The Bertz CT molecular complexity index is 748. The summed E-state index contributed by atoms with van der Waals surface area (Å²) < 4.78 is 18.0. The molecule has 0 saturated heterocycles. The van der Waals surface area contributed by atoms with E-state index in [1.165, 1.54) is 24.3 Å². The minimum atomic E-state index is -0.540. The van der Waals surface area contributed by atoms with Crippen LogP contribution in [-0.4, -0.2) is 43.5 Å². The molecule has 0 saturated carbocycles. The average Bonchev–Trinajstić information content (AvgIpc) is 2.63. The maximum Gasteiger partial charge on any atom is 0.241 e. The minimum Gasteiger partial charge on any atom is -0.497 e. The fraction of sp³-hybridized carbons (Fsp3) is 0.263. The van der Waals surface area contributed by atoms with Gasteiger partial charge in [-0.1, -0.05) is 0 Å². The number of amides is 2. The van der Waals surface area contributed by atoms with Crippen molar-refractivity contribution in [2.24, 2.45) is 0 Å². The van der Waals surface area contributed by atoms with E-state index in [1.807, 2.05) is 0 Å². The first-order valence-corrected chi connectivity index (χ1v) is 8.09. The topological polar surface area (TPSA) is 70.7 Å². The molecule has 2 amide bonds. The normalized spacial score (nSPS) is 11.7. The van der Waals surface area contributed by atoms with Gasteiger partial charge in [0, 0.05) is 11.4 Å². The van der Waals surface area contributed by atoms with Gasteiger partial charge in [0.05, 0.1) is 19.7 Å². The Hall–Kier alpha value is -2.93. The van der Waals surface area contributed by atoms with Gasteiger partial charge >= 0.3 is 0 Å². The first-order valence-electron chi connectivity index (χ1n) is 8.09. The Morgan fingerprint density at radius 1 is 1.04 bits per heavy atom. The molecular weight excluding hydrogens is 337 g/mol. The number of rotatable bonds is 7. The Kier molecular flexibility index (Phi) is 6.68. The van der Waals surface area contributed by atoms with Crippen LogP contribution in [0.25, 0.3) is 0 Å². The number of ether oxygens (including phenoxy) is 1. The van der Waals surface area contributed by atoms with E-state index in [2.05, 4.69) is 10.6 Å². The van der Waals surface area contributed by atoms with Crippen LogP contribution in [0.1, 0.15) is 6.92 Å². The van der Waals surface area contributed by atoms with Crippen molar-refractivity contribution in [3.05, 3.63) is 54.3 Å². The van der Waals surface area contributed by atoms with Crippen LogP contribution in [-0.2, 0) is 9.59 Å². The van der Waals surface area contributed by atoms with Gasteiger partial charge in [0.1, 0.15) is 11.6 Å². The van der Waals surface area contributed by atoms with E-state index >= 15 is 0 Å². The molecule has 0 unspecified atom stereocenters. The molecule has 0 aliphatic rings. The van der Waals surface area contributed by atoms with Gasteiger partial charge < -0.3 is 15.4 Å². The summed E-state index contributed by atoms with van der Waals surface area (Å²) in [6.45, 7) is 1.74. The van der Waals surface area contributed by atoms with Gasteiger partial charge in [-0.2, -0.15) is 0 Å². The first-order chi connectivity index (χ1) is 12.4. The summed E-state index contributed by atoms with van der Waals surface area (Å²) in [6.07, 6.45) is 0. The Morgan fingerprint density at radius 2 is 1.58 bits per heavy atom. The smallest absolute Gasteiger partial charge is 0.241 e. The summed E-state index contributed by atoms with van der Waals surface area (Å²) in [5.74, 6) is -0.190. The van der Waals surface area contributed by atoms with Crippen LogP contribution in [0.5, 0.6) is 5.75 Å². The van der Waals surface area contributed by atoms with Gasteiger partial charge in [-0.25, -0.2) is 4.39 Å². The molecule has 6 nitrogen and oxygen atoms in total. The zero-order valence-electron chi connectivity index (χ0n) is 15.0. The maximum atomic E-state index is 12.9. The van der Waals surface area contributed by atoms with E-state index in [9.17, 15) is 14.0 Å². The van der Waals surface area contributed by atoms with Crippen molar-refractivity contribution in [1.29, 1.82) is 0 Å². The van der Waals surface area contributed by atoms with Crippen molar-refractivity contribution in [3.63, 3.8) is 0 Å². The molecule has 2 N–H and O–H groups in total. The lowest BCUT2D eigenvalue weighted by atomic mass is 10.2. The highest BCUT2D eigenvalue weighted by Crippen LogP contribution is 2.15. The molecule has 0 heterocycles. The van der Waals surface area contributed by atoms with Crippen LogP contribution in [0, 0.1) is 5.82 Å². The second-order valence-electron chi connectivity index (χ2n) is 5.86. The highest BCUT2D eigenvalue weighted by atomic mass is 19.1. The summed E-state index contributed by atoms with van der Waals surface area (Å²) in [6, 6.07) is 11.9. The van der Waals surface area contributed by atoms with E-state index in [0.717, 1.165) is 0 Å². The summed E-state index contributed by atoms with van der Waals surface area (Å²) in [7, 11) is 3.25. The third-order valence-electron chi connectivity index (χ3n) is 3.92. The minimum absolute atomic E-state index is 0.0457. The number of carbonyl (C=O) groups excluding carboxylic acids is 2. The van der Waals surface area contributed by atoms with Crippen LogP contribution in [0.3, 0.4) is 0 Å². The van der Waals surface area contributed by atoms with Gasteiger partial charge in [0.25, 0.3) is 0 Å². The molecule has 0 aliphatic heterocycles. The standard InChI is InChI=1S/C19H22FN3O3/c1-13(19(25)22-16-6-4-14(20)5-7-16)23(2)12-18(24)21-15-8-10-17(26-3)11-9-15/h4-11,13H,12H2,1-3H3,(H,21,24)(H,22,25)/t13-/m1/s1. The molecule has 0 bridgehead atoms. The lowest BCUT2D eigenvalue weighted by Crippen LogP contribution is -2.43. The lowest BCUT2D eigenvalue weighted by molar-refractivity contribution is -0.122. The van der Waals surface area contributed by atoms with Crippen LogP contribution in [0.15, 0.2) is 48.5 Å². The van der Waals surface area contributed by atoms with Crippen molar-refractivity contribution in [3.8, 4) is 5.75 Å². The average molecular weight is 359 g/mol. The molecule has 2 aromatic carbocycles. The van der Waals surface area contributed by atoms with Crippen molar-refractivity contribution >= 4 is 23.2 Å². The second-order valence-corrected chi connectivity index (χ2v) is 5.86. The molecule has 0 fully saturated rings. The number of benzene rings is 2. The van der Waals surface area contributed by atoms with Crippen molar-refractivity contribution in [2.45, 2.75) is 13.0 Å². The van der Waals surface area contributed by atoms with E-state index < -0.39 is 6.04 Å². The van der Waals surface area contributed by atoms with Gasteiger partial charge in [-0.05, 0) is 62.5 Å². The molecule has 0 aliphatic carbocycles. The highest BCUT2D eigenvalue weighted by molar-refractivity contribution is 5.96. The number of nitrogens with one attached hydrogen (secondary N) is 2. The third-order valence-corrected chi connectivity index (χ3v) is 3.92. The lowest BCUT2D eigenvalue weighted by Gasteiger charge is -2.23. The van der Waals surface area contributed by atoms with Gasteiger partial charge in [0.2, 0.25) is 11.8 Å². The van der Waals surface area contributed by atoms with Crippen molar-refractivity contribution < 1.29 is 18.7 Å². The molecule has 2 aromatic rings. The molecule has 0 spiro atoms. The van der Waals surface area contributed by atoms with Gasteiger partial charge in [0.15, 0.2) is 0 Å². The number of methoxy groups -OCH3 is 1. The summed E-state index contributed by atoms with van der Waals surface area (Å²) in [4.78, 5) is 26.0.